The Hall–Kier alpha value is -3.26. The Morgan fingerprint density at radius 1 is 1.38 bits per heavy atom. The second kappa shape index (κ2) is 10.3. The highest BCUT2D eigenvalue weighted by molar-refractivity contribution is 5.97. The van der Waals surface area contributed by atoms with Crippen LogP contribution in [0.5, 0.6) is 5.88 Å². The molecule has 3 atom stereocenters. The lowest BCUT2D eigenvalue weighted by molar-refractivity contribution is 0.0313. The van der Waals surface area contributed by atoms with Gasteiger partial charge in [-0.15, -0.1) is 0 Å². The molecule has 1 aliphatic heterocycles. The number of carbonyl (C=O) groups excluding carboxylic acids is 2. The average molecular weight is 465 g/mol. The van der Waals surface area contributed by atoms with Crippen molar-refractivity contribution in [3.8, 4) is 5.88 Å². The highest BCUT2D eigenvalue weighted by Gasteiger charge is 2.35. The van der Waals surface area contributed by atoms with Crippen LogP contribution < -0.4 is 4.74 Å². The van der Waals surface area contributed by atoms with E-state index in [2.05, 4.69) is 16.0 Å². The SMILES string of the molecule is C[C@@H]1CN([C@@H](C)CO)C(=O)c2cc(C3=CCCC3)cnc2O[C@@H]1CN(C)C(=O)c1cccnc1. The van der Waals surface area contributed by atoms with Crippen molar-refractivity contribution in [2.75, 3.05) is 26.7 Å². The Kier molecular flexibility index (Phi) is 7.26. The molecule has 8 nitrogen and oxygen atoms in total. The highest BCUT2D eigenvalue weighted by Crippen LogP contribution is 2.32. The van der Waals surface area contributed by atoms with Gasteiger partial charge in [0.05, 0.1) is 24.8 Å². The monoisotopic (exact) mass is 464 g/mol. The van der Waals surface area contributed by atoms with Crippen LogP contribution in [0.2, 0.25) is 0 Å². The van der Waals surface area contributed by atoms with Gasteiger partial charge in [-0.05, 0) is 55.5 Å². The third kappa shape index (κ3) is 4.97. The number of hydrogen-bond acceptors (Lipinski definition) is 6. The molecular weight excluding hydrogens is 432 g/mol. The molecular formula is C26H32N4O4. The first-order valence-corrected chi connectivity index (χ1v) is 11.8. The van der Waals surface area contributed by atoms with Crippen LogP contribution in [0.3, 0.4) is 0 Å². The molecule has 8 heteroatoms. The van der Waals surface area contributed by atoms with Crippen molar-refractivity contribution < 1.29 is 19.4 Å². The maximum Gasteiger partial charge on any atom is 0.259 e. The summed E-state index contributed by atoms with van der Waals surface area (Å²) in [5.74, 6) is -0.190. The Morgan fingerprint density at radius 3 is 2.88 bits per heavy atom. The molecule has 2 aromatic heterocycles. The number of likely N-dealkylation sites (N-methyl/N-ethyl adjacent to an activating group) is 1. The summed E-state index contributed by atoms with van der Waals surface area (Å²) in [5.41, 5.74) is 3.02. The lowest BCUT2D eigenvalue weighted by Crippen LogP contribution is -2.50. The summed E-state index contributed by atoms with van der Waals surface area (Å²) in [7, 11) is 1.73. The number of pyridine rings is 2. The predicted octanol–water partition coefficient (Wildman–Crippen LogP) is 3.04. The van der Waals surface area contributed by atoms with E-state index in [0.29, 0.717) is 24.2 Å². The summed E-state index contributed by atoms with van der Waals surface area (Å²) in [5, 5.41) is 9.83. The molecule has 0 fully saturated rings. The summed E-state index contributed by atoms with van der Waals surface area (Å²) in [6, 6.07) is 4.96. The molecule has 0 saturated heterocycles. The van der Waals surface area contributed by atoms with E-state index in [1.165, 1.54) is 5.57 Å². The van der Waals surface area contributed by atoms with Crippen molar-refractivity contribution in [3.05, 3.63) is 59.6 Å². The largest absolute Gasteiger partial charge is 0.472 e. The number of aliphatic hydroxyl groups is 1. The lowest BCUT2D eigenvalue weighted by Gasteiger charge is -2.37. The maximum atomic E-state index is 13.5. The minimum absolute atomic E-state index is 0.103. The summed E-state index contributed by atoms with van der Waals surface area (Å²) in [6.45, 7) is 4.39. The molecule has 0 bridgehead atoms. The van der Waals surface area contributed by atoms with Gasteiger partial charge in [-0.1, -0.05) is 13.0 Å². The van der Waals surface area contributed by atoms with E-state index < -0.39 is 6.10 Å². The first-order valence-electron chi connectivity index (χ1n) is 11.8. The molecule has 4 rings (SSSR count). The number of rotatable bonds is 6. The molecule has 2 aliphatic rings. The van der Waals surface area contributed by atoms with Crippen LogP contribution in [0.4, 0.5) is 0 Å². The number of aromatic nitrogens is 2. The van der Waals surface area contributed by atoms with E-state index in [0.717, 1.165) is 24.8 Å². The van der Waals surface area contributed by atoms with E-state index in [1.807, 2.05) is 19.9 Å². The Morgan fingerprint density at radius 2 is 2.21 bits per heavy atom. The number of fused-ring (bicyclic) bond motifs is 1. The van der Waals surface area contributed by atoms with E-state index in [1.54, 1.807) is 47.6 Å². The molecule has 180 valence electrons. The van der Waals surface area contributed by atoms with E-state index in [-0.39, 0.29) is 36.3 Å². The minimum Gasteiger partial charge on any atom is -0.472 e. The number of amides is 2. The van der Waals surface area contributed by atoms with Crippen molar-refractivity contribution in [1.29, 1.82) is 0 Å². The number of allylic oxidation sites excluding steroid dienone is 2. The summed E-state index contributed by atoms with van der Waals surface area (Å²) in [4.78, 5) is 38.3. The molecule has 1 N–H and O–H groups in total. The Balaban J connectivity index is 1.65. The lowest BCUT2D eigenvalue weighted by atomic mass is 9.99. The van der Waals surface area contributed by atoms with Gasteiger partial charge in [0, 0.05) is 38.1 Å². The fraction of sp³-hybridized carbons (Fsp3) is 0.462. The van der Waals surface area contributed by atoms with Crippen LogP contribution in [0.25, 0.3) is 5.57 Å². The van der Waals surface area contributed by atoms with Crippen molar-refractivity contribution in [3.63, 3.8) is 0 Å². The molecule has 2 aromatic rings. The molecule has 0 radical (unpaired) electrons. The summed E-state index contributed by atoms with van der Waals surface area (Å²) in [6.07, 6.45) is 9.82. The fourth-order valence-electron chi connectivity index (χ4n) is 4.49. The first kappa shape index (κ1) is 23.9. The summed E-state index contributed by atoms with van der Waals surface area (Å²) >= 11 is 0. The number of aliphatic hydroxyl groups excluding tert-OH is 1. The van der Waals surface area contributed by atoms with Gasteiger partial charge >= 0.3 is 0 Å². The topological polar surface area (TPSA) is 95.9 Å². The van der Waals surface area contributed by atoms with Crippen LogP contribution in [0.15, 0.2) is 42.9 Å². The molecule has 0 aromatic carbocycles. The van der Waals surface area contributed by atoms with Crippen molar-refractivity contribution in [2.24, 2.45) is 5.92 Å². The van der Waals surface area contributed by atoms with E-state index in [4.69, 9.17) is 4.74 Å². The standard InChI is InChI=1S/C26H32N4O4/c1-17-14-30(18(2)16-31)26(33)22-11-21(19-7-4-5-8-19)13-28-24(22)34-23(17)15-29(3)25(32)20-9-6-10-27-12-20/h6-7,9-13,17-18,23,31H,4-5,8,14-16H2,1-3H3/t17-,18+,23-/m1/s1. The normalized spacial score (nSPS) is 21.1. The van der Waals surface area contributed by atoms with Gasteiger partial charge < -0.3 is 19.6 Å². The molecule has 0 unspecified atom stereocenters. The Labute approximate surface area is 200 Å². The number of nitrogens with zero attached hydrogens (tertiary/aromatic N) is 4. The third-order valence-corrected chi connectivity index (χ3v) is 6.64. The van der Waals surface area contributed by atoms with Gasteiger partial charge in [-0.2, -0.15) is 0 Å². The van der Waals surface area contributed by atoms with Crippen LogP contribution >= 0.6 is 0 Å². The van der Waals surface area contributed by atoms with E-state index >= 15 is 0 Å². The Bertz CT molecular complexity index is 1070. The molecule has 0 saturated carbocycles. The van der Waals surface area contributed by atoms with E-state index in [9.17, 15) is 14.7 Å². The van der Waals surface area contributed by atoms with Crippen molar-refractivity contribution >= 4 is 17.4 Å². The fourth-order valence-corrected chi connectivity index (χ4v) is 4.49. The van der Waals surface area contributed by atoms with Crippen molar-refractivity contribution in [2.45, 2.75) is 45.3 Å². The van der Waals surface area contributed by atoms with Gasteiger partial charge in [0.25, 0.3) is 11.8 Å². The second-order valence-electron chi connectivity index (χ2n) is 9.25. The summed E-state index contributed by atoms with van der Waals surface area (Å²) < 4.78 is 6.31. The van der Waals surface area contributed by atoms with Gasteiger partial charge in [0.2, 0.25) is 5.88 Å². The van der Waals surface area contributed by atoms with Gasteiger partial charge in [0.1, 0.15) is 11.7 Å². The van der Waals surface area contributed by atoms with Crippen LogP contribution in [0, 0.1) is 5.92 Å². The highest BCUT2D eigenvalue weighted by atomic mass is 16.5. The number of carbonyl (C=O) groups is 2. The van der Waals surface area contributed by atoms with Crippen LogP contribution in [0.1, 0.15) is 59.4 Å². The third-order valence-electron chi connectivity index (χ3n) is 6.64. The second-order valence-corrected chi connectivity index (χ2v) is 9.25. The van der Waals surface area contributed by atoms with Gasteiger partial charge in [-0.3, -0.25) is 14.6 Å². The van der Waals surface area contributed by atoms with Gasteiger partial charge in [0.15, 0.2) is 0 Å². The van der Waals surface area contributed by atoms with Crippen LogP contribution in [-0.4, -0.2) is 75.6 Å². The quantitative estimate of drug-likeness (QED) is 0.706. The number of ether oxygens (including phenoxy) is 1. The molecule has 3 heterocycles. The minimum atomic E-state index is -0.394. The zero-order valence-corrected chi connectivity index (χ0v) is 20.0. The first-order chi connectivity index (χ1) is 16.4. The smallest absolute Gasteiger partial charge is 0.259 e. The number of hydrogen-bond donors (Lipinski definition) is 1. The van der Waals surface area contributed by atoms with Crippen molar-refractivity contribution in [1.82, 2.24) is 19.8 Å². The molecule has 0 spiro atoms. The zero-order valence-electron chi connectivity index (χ0n) is 20.0. The molecule has 1 aliphatic carbocycles. The molecule has 2 amide bonds. The average Bonchev–Trinajstić information content (AvgIpc) is 3.40. The zero-order chi connectivity index (χ0) is 24.2. The molecule has 34 heavy (non-hydrogen) atoms. The predicted molar refractivity (Wildman–Crippen MR) is 128 cm³/mol. The van der Waals surface area contributed by atoms with Gasteiger partial charge in [-0.25, -0.2) is 4.98 Å². The maximum absolute atomic E-state index is 13.5. The van der Waals surface area contributed by atoms with Crippen LogP contribution in [-0.2, 0) is 0 Å².